The van der Waals surface area contributed by atoms with Gasteiger partial charge in [-0.3, -0.25) is 9.59 Å². The molecule has 5 unspecified atom stereocenters. The maximum Gasteiger partial charge on any atom is 0.407 e. The van der Waals surface area contributed by atoms with E-state index in [0.717, 1.165) is 11.1 Å². The average Bonchev–Trinajstić information content (AvgIpc) is 3.02. The SMILES string of the molecule is COCCOCOC(C)N(C)C(=O)CC(CC(C)C)C(=O)NC(Cc1ccccc1)C(O)C(Cc1ccccc1)NC(=O)OC(C)(C)C. The quantitative estimate of drug-likeness (QED) is 0.136. The summed E-state index contributed by atoms with van der Waals surface area (Å²) < 4.78 is 21.5. The lowest BCUT2D eigenvalue weighted by Crippen LogP contribution is -2.57. The first kappa shape index (κ1) is 40.7. The van der Waals surface area contributed by atoms with Gasteiger partial charge in [0, 0.05) is 26.5 Å². The van der Waals surface area contributed by atoms with E-state index in [2.05, 4.69) is 10.6 Å². The third-order valence-electron chi connectivity index (χ3n) is 7.76. The van der Waals surface area contributed by atoms with Gasteiger partial charge in [0.1, 0.15) is 18.6 Å². The van der Waals surface area contributed by atoms with E-state index in [1.165, 1.54) is 4.90 Å². The molecule has 2 aromatic rings. The summed E-state index contributed by atoms with van der Waals surface area (Å²) in [5.41, 5.74) is 1.05. The van der Waals surface area contributed by atoms with Gasteiger partial charge in [0.2, 0.25) is 11.8 Å². The van der Waals surface area contributed by atoms with E-state index in [1.54, 1.807) is 41.9 Å². The van der Waals surface area contributed by atoms with Crippen molar-refractivity contribution in [3.05, 3.63) is 71.8 Å². The summed E-state index contributed by atoms with van der Waals surface area (Å²) in [6.07, 6.45) is -1.44. The Labute approximate surface area is 286 Å². The molecule has 0 aliphatic carbocycles. The summed E-state index contributed by atoms with van der Waals surface area (Å²) in [5.74, 6) is -1.15. The molecule has 0 aliphatic heterocycles. The third-order valence-corrected chi connectivity index (χ3v) is 7.76. The molecule has 0 aromatic heterocycles. The Kier molecular flexibility index (Phi) is 17.6. The van der Waals surface area contributed by atoms with E-state index in [1.807, 2.05) is 74.5 Å². The van der Waals surface area contributed by atoms with E-state index in [0.29, 0.717) is 32.5 Å². The number of hydrogen-bond donors (Lipinski definition) is 3. The number of ether oxygens (including phenoxy) is 4. The lowest BCUT2D eigenvalue weighted by atomic mass is 9.89. The Morgan fingerprint density at radius 3 is 1.90 bits per heavy atom. The molecule has 11 heteroatoms. The molecule has 0 saturated heterocycles. The van der Waals surface area contributed by atoms with Crippen molar-refractivity contribution in [2.75, 3.05) is 34.2 Å². The molecule has 5 atom stereocenters. The van der Waals surface area contributed by atoms with E-state index in [9.17, 15) is 19.5 Å². The van der Waals surface area contributed by atoms with Crippen molar-refractivity contribution < 1.29 is 38.4 Å². The Bertz CT molecular complexity index is 1220. The van der Waals surface area contributed by atoms with Gasteiger partial charge in [-0.15, -0.1) is 0 Å². The molecule has 48 heavy (non-hydrogen) atoms. The molecule has 268 valence electrons. The zero-order chi connectivity index (χ0) is 35.7. The first-order chi connectivity index (χ1) is 22.7. The molecule has 0 saturated carbocycles. The molecule has 3 N–H and O–H groups in total. The van der Waals surface area contributed by atoms with Crippen LogP contribution >= 0.6 is 0 Å². The standard InChI is InChI=1S/C37H57N3O8/c1-26(2)21-30(24-33(41)40(7)27(3)47-25-46-20-19-45-8)35(43)38-31(22-28-15-11-9-12-16-28)34(42)32(23-29-17-13-10-14-18-29)39-36(44)48-37(4,5)6/h9-18,26-27,30-32,34,42H,19-25H2,1-8H3,(H,38,43)(H,39,44). The predicted molar refractivity (Wildman–Crippen MR) is 185 cm³/mol. The minimum Gasteiger partial charge on any atom is -0.444 e. The van der Waals surface area contributed by atoms with E-state index >= 15 is 0 Å². The number of carbonyl (C=O) groups is 3. The highest BCUT2D eigenvalue weighted by molar-refractivity contribution is 5.86. The van der Waals surface area contributed by atoms with Gasteiger partial charge in [0.05, 0.1) is 31.4 Å². The number of rotatable bonds is 20. The lowest BCUT2D eigenvalue weighted by Gasteiger charge is -2.33. The van der Waals surface area contributed by atoms with Gasteiger partial charge in [0.25, 0.3) is 0 Å². The number of benzene rings is 2. The lowest BCUT2D eigenvalue weighted by molar-refractivity contribution is -0.160. The zero-order valence-corrected chi connectivity index (χ0v) is 29.9. The first-order valence-electron chi connectivity index (χ1n) is 16.7. The summed E-state index contributed by atoms with van der Waals surface area (Å²) in [6.45, 7) is 11.8. The van der Waals surface area contributed by atoms with Crippen molar-refractivity contribution >= 4 is 17.9 Å². The molecule has 0 heterocycles. The maximum absolute atomic E-state index is 14.0. The fourth-order valence-electron chi connectivity index (χ4n) is 5.16. The predicted octanol–water partition coefficient (Wildman–Crippen LogP) is 4.70. The molecule has 0 radical (unpaired) electrons. The molecular weight excluding hydrogens is 614 g/mol. The summed E-state index contributed by atoms with van der Waals surface area (Å²) in [6, 6.07) is 17.4. The number of alkyl carbamates (subject to hydrolysis) is 1. The Hall–Kier alpha value is -3.51. The molecule has 11 nitrogen and oxygen atoms in total. The minimum absolute atomic E-state index is 0.00140. The van der Waals surface area contributed by atoms with Crippen LogP contribution in [0.5, 0.6) is 0 Å². The molecule has 0 aliphatic rings. The van der Waals surface area contributed by atoms with E-state index in [4.69, 9.17) is 18.9 Å². The van der Waals surface area contributed by atoms with Crippen LogP contribution in [0.2, 0.25) is 0 Å². The summed E-state index contributed by atoms with van der Waals surface area (Å²) in [7, 11) is 3.21. The van der Waals surface area contributed by atoms with Crippen molar-refractivity contribution in [3.8, 4) is 0 Å². The van der Waals surface area contributed by atoms with Gasteiger partial charge in [-0.25, -0.2) is 4.79 Å². The molecule has 2 rings (SSSR count). The number of amides is 3. The van der Waals surface area contributed by atoms with Gasteiger partial charge in [0.15, 0.2) is 0 Å². The Morgan fingerprint density at radius 2 is 1.40 bits per heavy atom. The van der Waals surface area contributed by atoms with Crippen LogP contribution in [-0.2, 0) is 41.4 Å². The van der Waals surface area contributed by atoms with Crippen molar-refractivity contribution in [1.82, 2.24) is 15.5 Å². The molecule has 0 fully saturated rings. The fourth-order valence-corrected chi connectivity index (χ4v) is 5.16. The van der Waals surface area contributed by atoms with Crippen LogP contribution < -0.4 is 10.6 Å². The van der Waals surface area contributed by atoms with Gasteiger partial charge < -0.3 is 39.6 Å². The van der Waals surface area contributed by atoms with E-state index in [-0.39, 0.29) is 30.9 Å². The molecule has 2 aromatic carbocycles. The van der Waals surface area contributed by atoms with E-state index < -0.39 is 42.0 Å². The van der Waals surface area contributed by atoms with Crippen LogP contribution in [0.3, 0.4) is 0 Å². The monoisotopic (exact) mass is 671 g/mol. The highest BCUT2D eigenvalue weighted by atomic mass is 16.7. The number of aliphatic hydroxyl groups is 1. The van der Waals surface area contributed by atoms with Gasteiger partial charge in [-0.05, 0) is 64.0 Å². The highest BCUT2D eigenvalue weighted by Crippen LogP contribution is 2.21. The summed E-state index contributed by atoms with van der Waals surface area (Å²) >= 11 is 0. The van der Waals surface area contributed by atoms with Gasteiger partial charge in [-0.1, -0.05) is 74.5 Å². The number of nitrogens with one attached hydrogen (secondary N) is 2. The van der Waals surface area contributed by atoms with Crippen molar-refractivity contribution in [2.24, 2.45) is 11.8 Å². The first-order valence-corrected chi connectivity index (χ1v) is 16.7. The van der Waals surface area contributed by atoms with Crippen LogP contribution in [0, 0.1) is 11.8 Å². The largest absolute Gasteiger partial charge is 0.444 e. The number of methoxy groups -OCH3 is 1. The number of aliphatic hydroxyl groups excluding tert-OH is 1. The smallest absolute Gasteiger partial charge is 0.407 e. The van der Waals surface area contributed by atoms with Crippen LogP contribution in [-0.4, -0.2) is 92.1 Å². The fraction of sp³-hybridized carbons (Fsp3) is 0.595. The Morgan fingerprint density at radius 1 is 0.854 bits per heavy atom. The third kappa shape index (κ3) is 15.6. The van der Waals surface area contributed by atoms with Crippen LogP contribution in [0.1, 0.15) is 65.5 Å². The second-order valence-electron chi connectivity index (χ2n) is 13.6. The maximum atomic E-state index is 14.0. The molecule has 0 spiro atoms. The summed E-state index contributed by atoms with van der Waals surface area (Å²) in [4.78, 5) is 41.8. The molecule has 0 bridgehead atoms. The number of carbonyl (C=O) groups excluding carboxylic acids is 3. The van der Waals surface area contributed by atoms with Gasteiger partial charge in [-0.2, -0.15) is 0 Å². The number of nitrogens with zero attached hydrogens (tertiary/aromatic N) is 1. The second kappa shape index (κ2) is 20.8. The van der Waals surface area contributed by atoms with Crippen LogP contribution in [0.15, 0.2) is 60.7 Å². The van der Waals surface area contributed by atoms with Crippen molar-refractivity contribution in [3.63, 3.8) is 0 Å². The average molecular weight is 672 g/mol. The van der Waals surface area contributed by atoms with Crippen molar-refractivity contribution in [2.45, 2.75) is 97.2 Å². The van der Waals surface area contributed by atoms with Crippen molar-refractivity contribution in [1.29, 1.82) is 0 Å². The second-order valence-corrected chi connectivity index (χ2v) is 13.6. The topological polar surface area (TPSA) is 136 Å². The molecule has 3 amide bonds. The highest BCUT2D eigenvalue weighted by Gasteiger charge is 2.34. The molecular formula is C37H57N3O8. The minimum atomic E-state index is -1.20. The Balaban J connectivity index is 2.30. The van der Waals surface area contributed by atoms with Crippen LogP contribution in [0.25, 0.3) is 0 Å². The van der Waals surface area contributed by atoms with Gasteiger partial charge >= 0.3 is 6.09 Å². The zero-order valence-electron chi connectivity index (χ0n) is 29.9. The summed E-state index contributed by atoms with van der Waals surface area (Å²) in [5, 5.41) is 17.9. The van der Waals surface area contributed by atoms with Crippen LogP contribution in [0.4, 0.5) is 4.79 Å². The number of hydrogen-bond acceptors (Lipinski definition) is 8. The normalized spacial score (nSPS) is 14.8.